The average Bonchev–Trinajstić information content (AvgIpc) is 2.52. The van der Waals surface area contributed by atoms with Gasteiger partial charge in [0.15, 0.2) is 0 Å². The third kappa shape index (κ3) is 3.07. The second-order valence-corrected chi connectivity index (χ2v) is 6.14. The number of nitrogens with zero attached hydrogens (tertiary/aromatic N) is 3. The molecule has 0 saturated carbocycles. The highest BCUT2D eigenvalue weighted by atomic mass is 79.9. The van der Waals surface area contributed by atoms with Gasteiger partial charge in [-0.3, -0.25) is 0 Å². The van der Waals surface area contributed by atoms with Gasteiger partial charge < -0.3 is 10.8 Å². The second kappa shape index (κ2) is 7.28. The van der Waals surface area contributed by atoms with Crippen molar-refractivity contribution < 1.29 is 5.11 Å². The van der Waals surface area contributed by atoms with E-state index in [-0.39, 0.29) is 23.6 Å². The molecule has 0 amide bonds. The molecule has 0 aliphatic rings. The van der Waals surface area contributed by atoms with E-state index in [1.165, 1.54) is 11.8 Å². The molecule has 0 aliphatic heterocycles. The van der Waals surface area contributed by atoms with Crippen LogP contribution in [0.1, 0.15) is 11.1 Å². The Hall–Kier alpha value is -2.06. The summed E-state index contributed by atoms with van der Waals surface area (Å²) in [4.78, 5) is 4.14. The molecule has 0 atom stereocenters. The lowest BCUT2D eigenvalue weighted by Crippen LogP contribution is -2.04. The molecule has 5 nitrogen and oxygen atoms in total. The van der Waals surface area contributed by atoms with Gasteiger partial charge in [0.25, 0.3) is 0 Å². The Balaban J connectivity index is 2.81. The van der Waals surface area contributed by atoms with Crippen molar-refractivity contribution in [3.8, 4) is 23.3 Å². The van der Waals surface area contributed by atoms with E-state index < -0.39 is 0 Å². The fourth-order valence-corrected chi connectivity index (χ4v) is 3.20. The van der Waals surface area contributed by atoms with Crippen LogP contribution >= 0.6 is 27.7 Å². The number of nitrogen functional groups attached to an aromatic ring is 1. The van der Waals surface area contributed by atoms with Crippen LogP contribution < -0.4 is 5.73 Å². The molecular weight excluding hydrogens is 364 g/mol. The number of pyridine rings is 1. The lowest BCUT2D eigenvalue weighted by molar-refractivity contribution is 0.322. The van der Waals surface area contributed by atoms with Gasteiger partial charge in [0.05, 0.1) is 12.2 Å². The van der Waals surface area contributed by atoms with Crippen molar-refractivity contribution >= 4 is 33.5 Å². The lowest BCUT2D eigenvalue weighted by atomic mass is 9.97. The zero-order valence-corrected chi connectivity index (χ0v) is 13.8. The van der Waals surface area contributed by atoms with Gasteiger partial charge in [-0.05, 0) is 11.6 Å². The van der Waals surface area contributed by atoms with E-state index in [2.05, 4.69) is 27.0 Å². The Kier molecular flexibility index (Phi) is 5.40. The maximum absolute atomic E-state index is 9.53. The molecule has 1 aromatic heterocycles. The zero-order valence-electron chi connectivity index (χ0n) is 11.4. The highest BCUT2D eigenvalue weighted by molar-refractivity contribution is 9.10. The fraction of sp³-hybridized carbons (Fsp3) is 0.133. The summed E-state index contributed by atoms with van der Waals surface area (Å²) >= 11 is 4.67. The van der Waals surface area contributed by atoms with Gasteiger partial charge in [-0.1, -0.05) is 34.1 Å². The summed E-state index contributed by atoms with van der Waals surface area (Å²) in [5, 5.41) is 28.3. The molecule has 1 aromatic carbocycles. The van der Waals surface area contributed by atoms with E-state index in [1.807, 2.05) is 24.3 Å². The van der Waals surface area contributed by atoms with Crippen molar-refractivity contribution in [2.45, 2.75) is 5.03 Å². The minimum Gasteiger partial charge on any atom is -0.396 e. The van der Waals surface area contributed by atoms with E-state index in [0.717, 1.165) is 4.47 Å². The summed E-state index contributed by atoms with van der Waals surface area (Å²) in [5.41, 5.74) is 7.51. The Labute approximate surface area is 140 Å². The molecule has 1 heterocycles. The number of nitriles is 2. The first-order valence-electron chi connectivity index (χ1n) is 6.26. The number of rotatable bonds is 4. The van der Waals surface area contributed by atoms with Crippen molar-refractivity contribution in [2.24, 2.45) is 0 Å². The van der Waals surface area contributed by atoms with Crippen LogP contribution in [0.25, 0.3) is 11.1 Å². The van der Waals surface area contributed by atoms with Gasteiger partial charge in [-0.2, -0.15) is 10.5 Å². The van der Waals surface area contributed by atoms with Crippen LogP contribution in [0, 0.1) is 22.7 Å². The molecule has 0 radical (unpaired) electrons. The number of hydrogen-bond donors (Lipinski definition) is 2. The van der Waals surface area contributed by atoms with Crippen LogP contribution in [0.3, 0.4) is 0 Å². The standard InChI is InChI=1S/C15H11BrN4OS/c16-12-4-2-1-3-9(12)13-10(7-17)14(19)20-15(11(13)8-18)22-6-5-21/h1-4,21H,5-6H2,(H2,19,20). The number of halogens is 1. The number of benzene rings is 1. The van der Waals surface area contributed by atoms with Gasteiger partial charge in [-0.25, -0.2) is 4.98 Å². The van der Waals surface area contributed by atoms with Crippen molar-refractivity contribution in [1.82, 2.24) is 4.98 Å². The largest absolute Gasteiger partial charge is 0.396 e. The zero-order chi connectivity index (χ0) is 16.1. The van der Waals surface area contributed by atoms with Crippen LogP contribution in [-0.4, -0.2) is 22.5 Å². The topological polar surface area (TPSA) is 107 Å². The first kappa shape index (κ1) is 16.3. The maximum atomic E-state index is 9.53. The van der Waals surface area contributed by atoms with Crippen LogP contribution in [0.2, 0.25) is 0 Å². The van der Waals surface area contributed by atoms with Crippen LogP contribution in [0.5, 0.6) is 0 Å². The molecule has 0 saturated heterocycles. The Morgan fingerprint density at radius 1 is 1.23 bits per heavy atom. The molecule has 0 spiro atoms. The third-order valence-electron chi connectivity index (χ3n) is 2.89. The molecule has 110 valence electrons. The first-order valence-corrected chi connectivity index (χ1v) is 8.04. The predicted octanol–water partition coefficient (Wildman–Crippen LogP) is 2.92. The van der Waals surface area contributed by atoms with Crippen molar-refractivity contribution in [3.05, 3.63) is 39.9 Å². The van der Waals surface area contributed by atoms with E-state index in [0.29, 0.717) is 21.9 Å². The second-order valence-electron chi connectivity index (χ2n) is 4.20. The van der Waals surface area contributed by atoms with Gasteiger partial charge in [0, 0.05) is 15.8 Å². The highest BCUT2D eigenvalue weighted by Crippen LogP contribution is 2.38. The number of nitrogens with two attached hydrogens (primary N) is 1. The minimum atomic E-state index is -0.0402. The predicted molar refractivity (Wildman–Crippen MR) is 89.0 cm³/mol. The van der Waals surface area contributed by atoms with E-state index in [9.17, 15) is 10.5 Å². The van der Waals surface area contributed by atoms with Crippen LogP contribution in [0.4, 0.5) is 5.82 Å². The molecule has 2 rings (SSSR count). The van der Waals surface area contributed by atoms with E-state index in [1.54, 1.807) is 6.07 Å². The quantitative estimate of drug-likeness (QED) is 0.796. The smallest absolute Gasteiger partial charge is 0.143 e. The third-order valence-corrected chi connectivity index (χ3v) is 4.54. The summed E-state index contributed by atoms with van der Waals surface area (Å²) in [6.07, 6.45) is 0. The van der Waals surface area contributed by atoms with Gasteiger partial charge >= 0.3 is 0 Å². The molecule has 7 heteroatoms. The van der Waals surface area contributed by atoms with Crippen molar-refractivity contribution in [3.63, 3.8) is 0 Å². The van der Waals surface area contributed by atoms with Gasteiger partial charge in [0.1, 0.15) is 28.5 Å². The molecule has 0 bridgehead atoms. The molecule has 22 heavy (non-hydrogen) atoms. The molecular formula is C15H11BrN4OS. The summed E-state index contributed by atoms with van der Waals surface area (Å²) in [6.45, 7) is -0.0402. The van der Waals surface area contributed by atoms with E-state index in [4.69, 9.17) is 10.8 Å². The number of aliphatic hydroxyl groups excluding tert-OH is 1. The maximum Gasteiger partial charge on any atom is 0.143 e. The highest BCUT2D eigenvalue weighted by Gasteiger charge is 2.21. The van der Waals surface area contributed by atoms with Crippen LogP contribution in [0.15, 0.2) is 33.8 Å². The summed E-state index contributed by atoms with van der Waals surface area (Å²) in [6, 6.07) is 11.4. The van der Waals surface area contributed by atoms with E-state index >= 15 is 0 Å². The Morgan fingerprint density at radius 2 is 1.91 bits per heavy atom. The number of thioether (sulfide) groups is 1. The number of aromatic nitrogens is 1. The first-order chi connectivity index (χ1) is 10.6. The molecule has 0 fully saturated rings. The van der Waals surface area contributed by atoms with Crippen LogP contribution in [-0.2, 0) is 0 Å². The average molecular weight is 375 g/mol. The molecule has 3 N–H and O–H groups in total. The number of anilines is 1. The SMILES string of the molecule is N#Cc1c(N)nc(SCCO)c(C#N)c1-c1ccccc1Br. The Bertz CT molecular complexity index is 795. The molecule has 2 aromatic rings. The minimum absolute atomic E-state index is 0.0402. The fourth-order valence-electron chi connectivity index (χ4n) is 1.98. The summed E-state index contributed by atoms with van der Waals surface area (Å²) in [5.74, 6) is 0.468. The van der Waals surface area contributed by atoms with Gasteiger partial charge in [-0.15, -0.1) is 11.8 Å². The summed E-state index contributed by atoms with van der Waals surface area (Å²) < 4.78 is 0.756. The number of hydrogen-bond acceptors (Lipinski definition) is 6. The van der Waals surface area contributed by atoms with Crippen molar-refractivity contribution in [2.75, 3.05) is 18.1 Å². The molecule has 0 unspecified atom stereocenters. The monoisotopic (exact) mass is 374 g/mol. The summed E-state index contributed by atoms with van der Waals surface area (Å²) in [7, 11) is 0. The number of aliphatic hydroxyl groups is 1. The Morgan fingerprint density at radius 3 is 2.50 bits per heavy atom. The lowest BCUT2D eigenvalue weighted by Gasteiger charge is -2.13. The normalized spacial score (nSPS) is 10.0. The molecule has 0 aliphatic carbocycles. The van der Waals surface area contributed by atoms with Gasteiger partial charge in [0.2, 0.25) is 0 Å². The van der Waals surface area contributed by atoms with Crippen molar-refractivity contribution in [1.29, 1.82) is 10.5 Å².